The van der Waals surface area contributed by atoms with Crippen molar-refractivity contribution < 1.29 is 18.4 Å². The van der Waals surface area contributed by atoms with Crippen molar-refractivity contribution in [1.29, 1.82) is 0 Å². The van der Waals surface area contributed by atoms with Crippen LogP contribution in [-0.2, 0) is 4.79 Å². The molecule has 1 saturated heterocycles. The average Bonchev–Trinajstić information content (AvgIpc) is 3.08. The van der Waals surface area contributed by atoms with Gasteiger partial charge in [0.15, 0.2) is 0 Å². The van der Waals surface area contributed by atoms with Crippen molar-refractivity contribution in [3.8, 4) is 0 Å². The molecule has 1 aromatic carbocycles. The summed E-state index contributed by atoms with van der Waals surface area (Å²) in [6, 6.07) is 4.53. The third-order valence-corrected chi connectivity index (χ3v) is 5.03. The van der Waals surface area contributed by atoms with Gasteiger partial charge in [-0.05, 0) is 39.0 Å². The number of carbonyl (C=O) groups is 2. The summed E-state index contributed by atoms with van der Waals surface area (Å²) in [6.07, 6.45) is -0.968. The van der Waals surface area contributed by atoms with Crippen molar-refractivity contribution in [1.82, 2.24) is 4.90 Å². The van der Waals surface area contributed by atoms with E-state index < -0.39 is 18.1 Å². The van der Waals surface area contributed by atoms with Crippen LogP contribution in [0, 0.1) is 0 Å². The number of hydrogen-bond acceptors (Lipinski definition) is 4. The fourth-order valence-electron chi connectivity index (χ4n) is 3.35. The molecular formula is C18H21BrFN3O3. The third kappa shape index (κ3) is 3.48. The van der Waals surface area contributed by atoms with Crippen LogP contribution in [0.1, 0.15) is 37.7 Å². The van der Waals surface area contributed by atoms with Gasteiger partial charge in [-0.1, -0.05) is 15.9 Å². The molecule has 0 spiro atoms. The highest BCUT2D eigenvalue weighted by molar-refractivity contribution is 9.10. The van der Waals surface area contributed by atoms with Crippen LogP contribution in [0.2, 0.25) is 0 Å². The van der Waals surface area contributed by atoms with Gasteiger partial charge in [-0.25, -0.2) is 4.39 Å². The molecular weight excluding hydrogens is 405 g/mol. The number of rotatable bonds is 3. The Balaban J connectivity index is 1.97. The summed E-state index contributed by atoms with van der Waals surface area (Å²) in [7, 11) is 0. The second kappa shape index (κ2) is 6.66. The molecule has 1 aromatic heterocycles. The highest BCUT2D eigenvalue weighted by Crippen LogP contribution is 2.34. The Morgan fingerprint density at radius 2 is 2.08 bits per heavy atom. The molecule has 2 amide bonds. The van der Waals surface area contributed by atoms with E-state index in [1.165, 1.54) is 0 Å². The lowest BCUT2D eigenvalue weighted by Gasteiger charge is -2.35. The molecule has 26 heavy (non-hydrogen) atoms. The Labute approximate surface area is 159 Å². The van der Waals surface area contributed by atoms with Gasteiger partial charge in [-0.2, -0.15) is 0 Å². The lowest BCUT2D eigenvalue weighted by Crippen LogP contribution is -2.49. The maximum Gasteiger partial charge on any atom is 0.286 e. The standard InChI is InChI=1S/C18H21BrFN3O3/c1-18(2,3)23-8-10(20)7-12(23)17(25)22-14-11-6-9(19)4-5-13(11)26-15(14)16(21)24/h4-6,10,12H,7-8H2,1-3H3,(H2,21,24)(H,22,25)/t10-,12+/m0/s1. The highest BCUT2D eigenvalue weighted by Gasteiger charge is 2.42. The van der Waals surface area contributed by atoms with Crippen LogP contribution in [-0.4, -0.2) is 41.0 Å². The number of fused-ring (bicyclic) bond motifs is 1. The number of nitrogens with zero attached hydrogens (tertiary/aromatic N) is 1. The van der Waals surface area contributed by atoms with Gasteiger partial charge in [0.2, 0.25) is 11.7 Å². The largest absolute Gasteiger partial charge is 0.449 e. The molecule has 0 aliphatic carbocycles. The highest BCUT2D eigenvalue weighted by atomic mass is 79.9. The molecule has 3 rings (SSSR count). The van der Waals surface area contributed by atoms with Crippen LogP contribution in [0.15, 0.2) is 27.1 Å². The van der Waals surface area contributed by atoms with Crippen LogP contribution in [0.25, 0.3) is 11.0 Å². The van der Waals surface area contributed by atoms with Gasteiger partial charge >= 0.3 is 0 Å². The van der Waals surface area contributed by atoms with E-state index in [9.17, 15) is 14.0 Å². The summed E-state index contributed by atoms with van der Waals surface area (Å²) in [6.45, 7) is 6.00. The number of nitrogens with two attached hydrogens (primary N) is 1. The molecule has 0 radical (unpaired) electrons. The zero-order chi connectivity index (χ0) is 19.2. The van der Waals surface area contributed by atoms with Gasteiger partial charge < -0.3 is 15.5 Å². The molecule has 2 heterocycles. The van der Waals surface area contributed by atoms with Crippen LogP contribution < -0.4 is 11.1 Å². The van der Waals surface area contributed by atoms with Crippen molar-refractivity contribution in [2.75, 3.05) is 11.9 Å². The van der Waals surface area contributed by atoms with Crippen LogP contribution in [0.5, 0.6) is 0 Å². The number of carbonyl (C=O) groups excluding carboxylic acids is 2. The Hall–Kier alpha value is -1.93. The normalized spacial score (nSPS) is 21.3. The first-order valence-electron chi connectivity index (χ1n) is 8.31. The molecule has 0 unspecified atom stereocenters. The van der Waals surface area contributed by atoms with Crippen molar-refractivity contribution in [3.05, 3.63) is 28.4 Å². The van der Waals surface area contributed by atoms with E-state index in [-0.39, 0.29) is 35.9 Å². The Bertz CT molecular complexity index is 874. The van der Waals surface area contributed by atoms with Gasteiger partial charge in [0.25, 0.3) is 5.91 Å². The molecule has 2 aromatic rings. The summed E-state index contributed by atoms with van der Waals surface area (Å²) >= 11 is 3.36. The van der Waals surface area contributed by atoms with E-state index in [0.717, 1.165) is 4.47 Å². The van der Waals surface area contributed by atoms with Gasteiger partial charge in [-0.3, -0.25) is 14.5 Å². The maximum absolute atomic E-state index is 14.0. The first-order chi connectivity index (χ1) is 12.1. The van der Waals surface area contributed by atoms with E-state index in [1.807, 2.05) is 25.7 Å². The lowest BCUT2D eigenvalue weighted by molar-refractivity contribution is -0.121. The van der Waals surface area contributed by atoms with E-state index in [1.54, 1.807) is 18.2 Å². The minimum Gasteiger partial charge on any atom is -0.449 e. The predicted octanol–water partition coefficient (Wildman–Crippen LogP) is 3.44. The molecule has 1 aliphatic heterocycles. The molecule has 2 atom stereocenters. The molecule has 8 heteroatoms. The summed E-state index contributed by atoms with van der Waals surface area (Å²) in [4.78, 5) is 26.5. The zero-order valence-electron chi connectivity index (χ0n) is 14.8. The van der Waals surface area contributed by atoms with E-state index >= 15 is 0 Å². The Kier molecular flexibility index (Phi) is 4.83. The van der Waals surface area contributed by atoms with Gasteiger partial charge in [0, 0.05) is 28.4 Å². The maximum atomic E-state index is 14.0. The molecule has 3 N–H and O–H groups in total. The Morgan fingerprint density at radius 3 is 2.69 bits per heavy atom. The molecule has 0 bridgehead atoms. The summed E-state index contributed by atoms with van der Waals surface area (Å²) in [5.41, 5.74) is 5.68. The number of benzene rings is 1. The second-order valence-corrected chi connectivity index (χ2v) is 8.39. The van der Waals surface area contributed by atoms with E-state index in [0.29, 0.717) is 11.0 Å². The van der Waals surface area contributed by atoms with Crippen LogP contribution in [0.4, 0.5) is 10.1 Å². The number of hydrogen-bond donors (Lipinski definition) is 2. The average molecular weight is 426 g/mol. The van der Waals surface area contributed by atoms with Gasteiger partial charge in [-0.15, -0.1) is 0 Å². The second-order valence-electron chi connectivity index (χ2n) is 7.47. The Morgan fingerprint density at radius 1 is 1.38 bits per heavy atom. The quantitative estimate of drug-likeness (QED) is 0.787. The zero-order valence-corrected chi connectivity index (χ0v) is 16.4. The molecule has 1 aliphatic rings. The van der Waals surface area contributed by atoms with Crippen molar-refractivity contribution in [3.63, 3.8) is 0 Å². The van der Waals surface area contributed by atoms with Gasteiger partial charge in [0.1, 0.15) is 17.4 Å². The number of primary amides is 1. The van der Waals surface area contributed by atoms with E-state index in [2.05, 4.69) is 21.2 Å². The minimum absolute atomic E-state index is 0.106. The lowest BCUT2D eigenvalue weighted by atomic mass is 10.0. The van der Waals surface area contributed by atoms with Crippen molar-refractivity contribution in [2.45, 2.75) is 44.9 Å². The molecule has 0 saturated carbocycles. The topological polar surface area (TPSA) is 88.6 Å². The monoisotopic (exact) mass is 425 g/mol. The molecule has 6 nitrogen and oxygen atoms in total. The van der Waals surface area contributed by atoms with E-state index in [4.69, 9.17) is 10.2 Å². The predicted molar refractivity (Wildman–Crippen MR) is 101 cm³/mol. The van der Waals surface area contributed by atoms with Crippen molar-refractivity contribution in [2.24, 2.45) is 5.73 Å². The van der Waals surface area contributed by atoms with Crippen LogP contribution in [0.3, 0.4) is 0 Å². The smallest absolute Gasteiger partial charge is 0.286 e. The number of nitrogens with one attached hydrogen (secondary N) is 1. The summed E-state index contributed by atoms with van der Waals surface area (Å²) in [5.74, 6) is -1.29. The SMILES string of the molecule is CC(C)(C)N1C[C@@H](F)C[C@@H]1C(=O)Nc1c(C(N)=O)oc2ccc(Br)cc12. The fraction of sp³-hybridized carbons (Fsp3) is 0.444. The number of alkyl halides is 1. The number of furan rings is 1. The third-order valence-electron chi connectivity index (χ3n) is 4.54. The fourth-order valence-corrected chi connectivity index (χ4v) is 3.71. The van der Waals surface area contributed by atoms with Crippen LogP contribution >= 0.6 is 15.9 Å². The number of halogens is 2. The molecule has 1 fully saturated rings. The summed E-state index contributed by atoms with van der Waals surface area (Å²) < 4.78 is 20.2. The summed E-state index contributed by atoms with van der Waals surface area (Å²) in [5, 5.41) is 3.30. The van der Waals surface area contributed by atoms with Gasteiger partial charge in [0.05, 0.1) is 6.04 Å². The number of anilines is 1. The molecule has 140 valence electrons. The first-order valence-corrected chi connectivity index (χ1v) is 9.10. The number of likely N-dealkylation sites (tertiary alicyclic amines) is 1. The number of amides is 2. The minimum atomic E-state index is -1.07. The van der Waals surface area contributed by atoms with Crippen molar-refractivity contribution >= 4 is 44.4 Å². The first kappa shape index (κ1) is 18.8.